The Morgan fingerprint density at radius 1 is 1.44 bits per heavy atom. The van der Waals surface area contributed by atoms with Crippen LogP contribution in [0.2, 0.25) is 0 Å². The van der Waals surface area contributed by atoms with E-state index in [1.54, 1.807) is 0 Å². The Kier molecular flexibility index (Phi) is 4.59. The van der Waals surface area contributed by atoms with Crippen molar-refractivity contribution in [1.29, 1.82) is 0 Å². The third-order valence-corrected chi connectivity index (χ3v) is 3.22. The van der Waals surface area contributed by atoms with Crippen LogP contribution in [0.3, 0.4) is 0 Å². The third kappa shape index (κ3) is 4.39. The number of urea groups is 1. The molecule has 16 heavy (non-hydrogen) atoms. The molecule has 1 aliphatic carbocycles. The van der Waals surface area contributed by atoms with Crippen molar-refractivity contribution >= 4 is 6.03 Å². The Hall–Kier alpha value is -0.770. The fourth-order valence-electron chi connectivity index (χ4n) is 2.02. The molecule has 0 aromatic heterocycles. The zero-order valence-electron chi connectivity index (χ0n) is 10.7. The van der Waals surface area contributed by atoms with Gasteiger partial charge >= 0.3 is 6.03 Å². The Bertz CT molecular complexity index is 232. The van der Waals surface area contributed by atoms with Crippen molar-refractivity contribution in [2.45, 2.75) is 58.0 Å². The lowest BCUT2D eigenvalue weighted by Gasteiger charge is -2.37. The molecule has 0 spiro atoms. The highest BCUT2D eigenvalue weighted by molar-refractivity contribution is 5.74. The van der Waals surface area contributed by atoms with Gasteiger partial charge in [-0.25, -0.2) is 4.79 Å². The minimum Gasteiger partial charge on any atom is -0.338 e. The second kappa shape index (κ2) is 5.53. The first-order valence-electron chi connectivity index (χ1n) is 6.23. The van der Waals surface area contributed by atoms with Gasteiger partial charge in [0.05, 0.1) is 0 Å². The molecule has 2 amide bonds. The van der Waals surface area contributed by atoms with Crippen LogP contribution in [0, 0.1) is 5.92 Å². The van der Waals surface area contributed by atoms with Crippen LogP contribution >= 0.6 is 0 Å². The molecular weight excluding hydrogens is 202 g/mol. The molecule has 1 rings (SSSR count). The summed E-state index contributed by atoms with van der Waals surface area (Å²) in [4.78, 5) is 11.6. The van der Waals surface area contributed by atoms with Crippen molar-refractivity contribution in [3.05, 3.63) is 0 Å². The molecule has 0 bridgehead atoms. The van der Waals surface area contributed by atoms with Gasteiger partial charge in [-0.15, -0.1) is 0 Å². The van der Waals surface area contributed by atoms with E-state index in [1.807, 2.05) is 0 Å². The summed E-state index contributed by atoms with van der Waals surface area (Å²) in [5, 5.41) is 5.95. The highest BCUT2D eigenvalue weighted by Crippen LogP contribution is 2.26. The van der Waals surface area contributed by atoms with E-state index >= 15 is 0 Å². The lowest BCUT2D eigenvalue weighted by molar-refractivity contribution is 0.205. The van der Waals surface area contributed by atoms with Gasteiger partial charge in [0.1, 0.15) is 0 Å². The molecule has 0 aromatic rings. The van der Waals surface area contributed by atoms with Crippen molar-refractivity contribution in [3.63, 3.8) is 0 Å². The van der Waals surface area contributed by atoms with Gasteiger partial charge in [-0.1, -0.05) is 13.8 Å². The van der Waals surface area contributed by atoms with E-state index in [0.29, 0.717) is 12.0 Å². The molecule has 4 nitrogen and oxygen atoms in total. The summed E-state index contributed by atoms with van der Waals surface area (Å²) in [6.07, 6.45) is 3.95. The van der Waals surface area contributed by atoms with E-state index in [4.69, 9.17) is 5.73 Å². The highest BCUT2D eigenvalue weighted by atomic mass is 16.2. The second-order valence-corrected chi connectivity index (χ2v) is 5.63. The minimum atomic E-state index is -0.0725. The van der Waals surface area contributed by atoms with Gasteiger partial charge in [-0.05, 0) is 38.5 Å². The summed E-state index contributed by atoms with van der Waals surface area (Å²) < 4.78 is 0. The van der Waals surface area contributed by atoms with Crippen LogP contribution in [0.1, 0.15) is 46.5 Å². The van der Waals surface area contributed by atoms with Gasteiger partial charge in [0.25, 0.3) is 0 Å². The van der Waals surface area contributed by atoms with E-state index in [0.717, 1.165) is 32.2 Å². The fraction of sp³-hybridized carbons (Fsp3) is 0.917. The van der Waals surface area contributed by atoms with Crippen LogP contribution in [0.4, 0.5) is 4.79 Å². The smallest absolute Gasteiger partial charge is 0.315 e. The first-order valence-corrected chi connectivity index (χ1v) is 6.23. The number of nitrogens with two attached hydrogens (primary N) is 1. The summed E-state index contributed by atoms with van der Waals surface area (Å²) in [7, 11) is 0. The lowest BCUT2D eigenvalue weighted by Crippen LogP contribution is -2.53. The zero-order chi connectivity index (χ0) is 12.2. The summed E-state index contributed by atoms with van der Waals surface area (Å²) >= 11 is 0. The number of hydrogen-bond acceptors (Lipinski definition) is 2. The number of amides is 2. The first-order chi connectivity index (χ1) is 7.41. The van der Waals surface area contributed by atoms with E-state index in [9.17, 15) is 4.79 Å². The largest absolute Gasteiger partial charge is 0.338 e. The van der Waals surface area contributed by atoms with E-state index in [1.165, 1.54) is 0 Å². The van der Waals surface area contributed by atoms with Gasteiger partial charge in [0, 0.05) is 18.1 Å². The molecule has 0 aliphatic heterocycles. The molecule has 4 heteroatoms. The molecule has 1 saturated carbocycles. The van der Waals surface area contributed by atoms with Crippen molar-refractivity contribution in [2.24, 2.45) is 11.7 Å². The topological polar surface area (TPSA) is 67.2 Å². The van der Waals surface area contributed by atoms with Crippen molar-refractivity contribution in [3.8, 4) is 0 Å². The SMILES string of the molecule is CC(C)CNC(=O)NC1(C)CCC(N)CC1. The van der Waals surface area contributed by atoms with Crippen LogP contribution in [0.25, 0.3) is 0 Å². The molecule has 0 unspecified atom stereocenters. The summed E-state index contributed by atoms with van der Waals surface area (Å²) in [6, 6.07) is 0.264. The van der Waals surface area contributed by atoms with Crippen molar-refractivity contribution < 1.29 is 4.79 Å². The van der Waals surface area contributed by atoms with Gasteiger partial charge < -0.3 is 16.4 Å². The summed E-state index contributed by atoms with van der Waals surface area (Å²) in [6.45, 7) is 7.00. The van der Waals surface area contributed by atoms with Gasteiger partial charge in [0.2, 0.25) is 0 Å². The van der Waals surface area contributed by atoms with Crippen molar-refractivity contribution in [2.75, 3.05) is 6.54 Å². The summed E-state index contributed by atoms with van der Waals surface area (Å²) in [5.74, 6) is 0.485. The van der Waals surface area contributed by atoms with Crippen molar-refractivity contribution in [1.82, 2.24) is 10.6 Å². The molecule has 1 fully saturated rings. The average molecular weight is 227 g/mol. The number of hydrogen-bond donors (Lipinski definition) is 3. The highest BCUT2D eigenvalue weighted by Gasteiger charge is 2.30. The molecule has 0 radical (unpaired) electrons. The monoisotopic (exact) mass is 227 g/mol. The lowest BCUT2D eigenvalue weighted by atomic mass is 9.81. The molecule has 1 aliphatic rings. The molecular formula is C12H25N3O. The number of rotatable bonds is 3. The Morgan fingerprint density at radius 3 is 2.50 bits per heavy atom. The molecule has 0 heterocycles. The van der Waals surface area contributed by atoms with Crippen LogP contribution in [-0.2, 0) is 0 Å². The maximum absolute atomic E-state index is 11.6. The number of nitrogens with one attached hydrogen (secondary N) is 2. The van der Waals surface area contributed by atoms with Gasteiger partial charge in [-0.2, -0.15) is 0 Å². The average Bonchev–Trinajstić information content (AvgIpc) is 2.20. The predicted octanol–water partition coefficient (Wildman–Crippen LogP) is 1.60. The normalized spacial score (nSPS) is 30.2. The molecule has 0 aromatic carbocycles. The van der Waals surface area contributed by atoms with E-state index in [2.05, 4.69) is 31.4 Å². The standard InChI is InChI=1S/C12H25N3O/c1-9(2)8-14-11(16)15-12(3)6-4-10(13)5-7-12/h9-10H,4-8,13H2,1-3H3,(H2,14,15,16). The maximum atomic E-state index is 11.6. The fourth-order valence-corrected chi connectivity index (χ4v) is 2.02. The Morgan fingerprint density at radius 2 is 2.00 bits per heavy atom. The van der Waals surface area contributed by atoms with Crippen LogP contribution < -0.4 is 16.4 Å². The molecule has 4 N–H and O–H groups in total. The number of carbonyl (C=O) groups excluding carboxylic acids is 1. The zero-order valence-corrected chi connectivity index (χ0v) is 10.7. The van der Waals surface area contributed by atoms with Gasteiger partial charge in [-0.3, -0.25) is 0 Å². The van der Waals surface area contributed by atoms with Crippen LogP contribution in [-0.4, -0.2) is 24.2 Å². The summed E-state index contributed by atoms with van der Waals surface area (Å²) in [5.41, 5.74) is 5.78. The molecule has 0 atom stereocenters. The maximum Gasteiger partial charge on any atom is 0.315 e. The Labute approximate surface area is 98.3 Å². The third-order valence-electron chi connectivity index (χ3n) is 3.22. The van der Waals surface area contributed by atoms with E-state index in [-0.39, 0.29) is 11.6 Å². The minimum absolute atomic E-state index is 0.0494. The van der Waals surface area contributed by atoms with Crippen LogP contribution in [0.5, 0.6) is 0 Å². The molecule has 94 valence electrons. The van der Waals surface area contributed by atoms with E-state index < -0.39 is 0 Å². The van der Waals surface area contributed by atoms with Crippen LogP contribution in [0.15, 0.2) is 0 Å². The second-order valence-electron chi connectivity index (χ2n) is 5.63. The first kappa shape index (κ1) is 13.3. The number of carbonyl (C=O) groups is 1. The quantitative estimate of drug-likeness (QED) is 0.685. The molecule has 0 saturated heterocycles. The van der Waals surface area contributed by atoms with Gasteiger partial charge in [0.15, 0.2) is 0 Å². The Balaban J connectivity index is 2.32. The predicted molar refractivity (Wildman–Crippen MR) is 66.2 cm³/mol.